The summed E-state index contributed by atoms with van der Waals surface area (Å²) >= 11 is 0. The van der Waals surface area contributed by atoms with Gasteiger partial charge in [0.2, 0.25) is 0 Å². The standard InChI is InChI=1S/Al.Cu.Sb.Te. The van der Waals surface area contributed by atoms with Crippen molar-refractivity contribution in [2.75, 3.05) is 0 Å². The van der Waals surface area contributed by atoms with Gasteiger partial charge in [-0.05, 0) is 0 Å². The molecule has 0 amide bonds. The number of hydrogen-bond acceptors (Lipinski definition) is 0. The summed E-state index contributed by atoms with van der Waals surface area (Å²) in [5.74, 6) is 0. The van der Waals surface area contributed by atoms with Crippen LogP contribution in [0.15, 0.2) is 0 Å². The van der Waals surface area contributed by atoms with Gasteiger partial charge < -0.3 is 0 Å². The maximum Gasteiger partial charge on any atom is 0 e. The van der Waals surface area contributed by atoms with Gasteiger partial charge in [0, 0.05) is 82.5 Å². The first-order chi connectivity index (χ1) is 0. The molecule has 0 atom stereocenters. The van der Waals surface area contributed by atoms with Gasteiger partial charge in [0.15, 0.2) is 0 Å². The van der Waals surface area contributed by atoms with Crippen LogP contribution in [0.2, 0.25) is 0 Å². The molecule has 0 spiro atoms. The van der Waals surface area contributed by atoms with Crippen LogP contribution in [0.1, 0.15) is 0 Å². The van der Waals surface area contributed by atoms with Crippen molar-refractivity contribution in [2.24, 2.45) is 0 Å². The van der Waals surface area contributed by atoms with Gasteiger partial charge in [0.1, 0.15) is 0 Å². The van der Waals surface area contributed by atoms with Crippen LogP contribution in [0.3, 0.4) is 0 Å². The smallest absolute Gasteiger partial charge is 0 e. The third kappa shape index (κ3) is 8.82. The van der Waals surface area contributed by atoms with E-state index in [-0.39, 0.29) is 82.5 Å². The second-order valence-electron chi connectivity index (χ2n) is 0. The van der Waals surface area contributed by atoms with E-state index in [2.05, 4.69) is 0 Å². The van der Waals surface area contributed by atoms with Crippen LogP contribution in [0.5, 0.6) is 0 Å². The zero-order valence-corrected chi connectivity index (χ0v) is 8.71. The molecule has 9 radical (unpaired) electrons. The molecular weight excluding hydrogens is 340 g/mol. The first-order valence-corrected chi connectivity index (χ1v) is 0. The van der Waals surface area contributed by atoms with Gasteiger partial charge >= 0.3 is 0 Å². The molecule has 0 rings (SSSR count). The zero-order chi connectivity index (χ0) is 0. The van der Waals surface area contributed by atoms with E-state index in [0.29, 0.717) is 0 Å². The first-order valence-electron chi connectivity index (χ1n) is 0. The molecule has 0 nitrogen and oxygen atoms in total. The maximum absolute atomic E-state index is 0. The molecule has 0 aromatic heterocycles. The Morgan fingerprint density at radius 3 is 1.00 bits per heavy atom. The van der Waals surface area contributed by atoms with Crippen LogP contribution in [-0.4, -0.2) is 65.5 Å². The molecule has 0 bridgehead atoms. The molecule has 0 unspecified atom stereocenters. The maximum atomic E-state index is 0. The van der Waals surface area contributed by atoms with Crippen molar-refractivity contribution < 1.29 is 17.1 Å². The fourth-order valence-corrected chi connectivity index (χ4v) is 0. The minimum absolute atomic E-state index is 0. The largest absolute Gasteiger partial charge is 0 e. The van der Waals surface area contributed by atoms with E-state index in [9.17, 15) is 0 Å². The van der Waals surface area contributed by atoms with Gasteiger partial charge in [-0.1, -0.05) is 0 Å². The van der Waals surface area contributed by atoms with Crippen molar-refractivity contribution >= 4 is 65.5 Å². The van der Waals surface area contributed by atoms with Crippen molar-refractivity contribution in [3.05, 3.63) is 0 Å². The Bertz CT molecular complexity index is 8.00. The summed E-state index contributed by atoms with van der Waals surface area (Å²) in [5.41, 5.74) is 0. The molecule has 0 saturated heterocycles. The van der Waals surface area contributed by atoms with E-state index in [4.69, 9.17) is 0 Å². The fraction of sp³-hybridized carbons (Fsp3) is 0. The second-order valence-corrected chi connectivity index (χ2v) is 0. The van der Waals surface area contributed by atoms with E-state index in [1.807, 2.05) is 0 Å². The van der Waals surface area contributed by atoms with Crippen LogP contribution in [0, 0.1) is 0 Å². The molecule has 0 aliphatic heterocycles. The summed E-state index contributed by atoms with van der Waals surface area (Å²) in [4.78, 5) is 0. The van der Waals surface area contributed by atoms with E-state index in [1.54, 1.807) is 0 Å². The van der Waals surface area contributed by atoms with Gasteiger partial charge in [-0.2, -0.15) is 0 Å². The normalized spacial score (nSPS) is 0. The summed E-state index contributed by atoms with van der Waals surface area (Å²) in [6.07, 6.45) is 0. The summed E-state index contributed by atoms with van der Waals surface area (Å²) in [6, 6.07) is 0. The monoisotopic (exact) mass is 341 g/mol. The molecule has 0 aliphatic carbocycles. The Labute approximate surface area is 81.3 Å². The molecule has 0 saturated carbocycles. The van der Waals surface area contributed by atoms with Crippen molar-refractivity contribution in [3.63, 3.8) is 0 Å². The van der Waals surface area contributed by atoms with Gasteiger partial charge in [0.05, 0.1) is 0 Å². The first kappa shape index (κ1) is 30.2. The van der Waals surface area contributed by atoms with Gasteiger partial charge in [-0.15, -0.1) is 0 Å². The second kappa shape index (κ2) is 17.4. The fourth-order valence-electron chi connectivity index (χ4n) is 0. The molecular formula is AlCuSbTe. The Kier molecular flexibility index (Phi) is 131. The van der Waals surface area contributed by atoms with Crippen molar-refractivity contribution in [1.82, 2.24) is 0 Å². The predicted octanol–water partition coefficient (Wildman–Crippen LogP) is -1.14. The van der Waals surface area contributed by atoms with Crippen LogP contribution in [0.4, 0.5) is 0 Å². The molecule has 0 N–H and O–H groups in total. The number of hydrogen-bond donors (Lipinski definition) is 0. The Morgan fingerprint density at radius 1 is 1.00 bits per heavy atom. The summed E-state index contributed by atoms with van der Waals surface area (Å²) < 4.78 is 0. The van der Waals surface area contributed by atoms with E-state index < -0.39 is 0 Å². The van der Waals surface area contributed by atoms with Crippen molar-refractivity contribution in [3.8, 4) is 0 Å². The van der Waals surface area contributed by atoms with Crippen molar-refractivity contribution in [2.45, 2.75) is 0 Å². The summed E-state index contributed by atoms with van der Waals surface area (Å²) in [6.45, 7) is 0. The van der Waals surface area contributed by atoms with Crippen LogP contribution in [0.25, 0.3) is 0 Å². The van der Waals surface area contributed by atoms with Gasteiger partial charge in [0.25, 0.3) is 0 Å². The summed E-state index contributed by atoms with van der Waals surface area (Å²) in [5, 5.41) is 0. The topological polar surface area (TPSA) is 0 Å². The minimum atomic E-state index is 0. The Balaban J connectivity index is 0. The quantitative estimate of drug-likeness (QED) is 0.489. The molecule has 0 aromatic carbocycles. The van der Waals surface area contributed by atoms with Crippen LogP contribution >= 0.6 is 0 Å². The molecule has 4 heteroatoms. The van der Waals surface area contributed by atoms with Gasteiger partial charge in [-0.25, -0.2) is 0 Å². The van der Waals surface area contributed by atoms with Crippen LogP contribution in [-0.2, 0) is 17.1 Å². The van der Waals surface area contributed by atoms with Crippen LogP contribution < -0.4 is 0 Å². The van der Waals surface area contributed by atoms with E-state index >= 15 is 0 Å². The summed E-state index contributed by atoms with van der Waals surface area (Å²) in [7, 11) is 0. The van der Waals surface area contributed by atoms with Crippen molar-refractivity contribution in [1.29, 1.82) is 0 Å². The molecule has 0 aromatic rings. The zero-order valence-electron chi connectivity index (χ0n) is 1.73. The minimum Gasteiger partial charge on any atom is 0 e. The van der Waals surface area contributed by atoms with E-state index in [0.717, 1.165) is 0 Å². The average molecular weight is 340 g/mol. The Hall–Kier alpha value is 2.66. The number of rotatable bonds is 0. The SMILES string of the molecule is [Al].[Cu].[Sb].[Te]. The third-order valence-electron chi connectivity index (χ3n) is 0. The Morgan fingerprint density at radius 2 is 1.00 bits per heavy atom. The average Bonchev–Trinajstić information content (AvgIpc) is 0. The molecule has 4 heavy (non-hydrogen) atoms. The van der Waals surface area contributed by atoms with Gasteiger partial charge in [-0.3, -0.25) is 0 Å². The van der Waals surface area contributed by atoms with E-state index in [1.165, 1.54) is 0 Å². The predicted molar refractivity (Wildman–Crippen MR) is 17.3 cm³/mol. The molecule has 0 fully saturated rings. The molecule has 0 heterocycles. The third-order valence-corrected chi connectivity index (χ3v) is 0. The molecule has 25 valence electrons. The molecule has 0 aliphatic rings.